The zero-order valence-electron chi connectivity index (χ0n) is 11.4. The van der Waals surface area contributed by atoms with Crippen LogP contribution in [0.25, 0.3) is 10.9 Å². The number of aromatic nitrogens is 1. The molecule has 1 aromatic heterocycles. The number of H-pyrrole nitrogens is 1. The van der Waals surface area contributed by atoms with Gasteiger partial charge in [0.15, 0.2) is 0 Å². The standard InChI is InChI=1S/C15H17N3O2/c1-10-2-3-13-11(8-10)12(9-17-13)14(19)15(20)18-6-4-16-5-7-18/h2-3,8-9,16-17H,4-7H2,1H3. The van der Waals surface area contributed by atoms with Gasteiger partial charge in [-0.1, -0.05) is 11.6 Å². The van der Waals surface area contributed by atoms with Crippen LogP contribution in [0.1, 0.15) is 15.9 Å². The van der Waals surface area contributed by atoms with Gasteiger partial charge in [-0.15, -0.1) is 0 Å². The number of ketones is 1. The van der Waals surface area contributed by atoms with E-state index in [-0.39, 0.29) is 0 Å². The van der Waals surface area contributed by atoms with Crippen molar-refractivity contribution in [3.8, 4) is 0 Å². The van der Waals surface area contributed by atoms with Crippen LogP contribution >= 0.6 is 0 Å². The molecule has 1 aliphatic heterocycles. The Labute approximate surface area is 117 Å². The van der Waals surface area contributed by atoms with Crippen LogP contribution in [0.2, 0.25) is 0 Å². The van der Waals surface area contributed by atoms with E-state index in [9.17, 15) is 9.59 Å². The number of rotatable bonds is 2. The number of amides is 1. The van der Waals surface area contributed by atoms with Gasteiger partial charge in [0.1, 0.15) is 0 Å². The smallest absolute Gasteiger partial charge is 0.295 e. The van der Waals surface area contributed by atoms with Gasteiger partial charge in [0.25, 0.3) is 11.7 Å². The fourth-order valence-electron chi connectivity index (χ4n) is 2.55. The molecule has 3 rings (SSSR count). The lowest BCUT2D eigenvalue weighted by Gasteiger charge is -2.26. The molecule has 0 radical (unpaired) electrons. The molecule has 0 saturated carbocycles. The molecule has 1 amide bonds. The summed E-state index contributed by atoms with van der Waals surface area (Å²) in [6.45, 7) is 4.63. The third-order valence-corrected chi connectivity index (χ3v) is 3.68. The number of benzene rings is 1. The van der Waals surface area contributed by atoms with Gasteiger partial charge < -0.3 is 15.2 Å². The number of aryl methyl sites for hydroxylation is 1. The molecule has 0 bridgehead atoms. The van der Waals surface area contributed by atoms with E-state index in [1.807, 2.05) is 25.1 Å². The maximum absolute atomic E-state index is 12.4. The summed E-state index contributed by atoms with van der Waals surface area (Å²) in [6, 6.07) is 5.84. The lowest BCUT2D eigenvalue weighted by molar-refractivity contribution is -0.126. The van der Waals surface area contributed by atoms with Crippen molar-refractivity contribution >= 4 is 22.6 Å². The van der Waals surface area contributed by atoms with Crippen LogP contribution in [-0.2, 0) is 4.79 Å². The fourth-order valence-corrected chi connectivity index (χ4v) is 2.55. The fraction of sp³-hybridized carbons (Fsp3) is 0.333. The quantitative estimate of drug-likeness (QED) is 0.635. The molecule has 2 N–H and O–H groups in total. The van der Waals surface area contributed by atoms with Crippen molar-refractivity contribution in [2.75, 3.05) is 26.2 Å². The number of carbonyl (C=O) groups excluding carboxylic acids is 2. The van der Waals surface area contributed by atoms with Gasteiger partial charge in [0.2, 0.25) is 0 Å². The molecule has 0 spiro atoms. The van der Waals surface area contributed by atoms with E-state index >= 15 is 0 Å². The van der Waals surface area contributed by atoms with E-state index in [1.165, 1.54) is 0 Å². The van der Waals surface area contributed by atoms with Gasteiger partial charge in [-0.05, 0) is 19.1 Å². The molecule has 2 heterocycles. The van der Waals surface area contributed by atoms with Crippen molar-refractivity contribution < 1.29 is 9.59 Å². The molecular weight excluding hydrogens is 254 g/mol. The number of piperazine rings is 1. The van der Waals surface area contributed by atoms with Gasteiger partial charge in [0, 0.05) is 43.3 Å². The summed E-state index contributed by atoms with van der Waals surface area (Å²) in [5, 5.41) is 3.99. The van der Waals surface area contributed by atoms with Crippen LogP contribution in [0.15, 0.2) is 24.4 Å². The summed E-state index contributed by atoms with van der Waals surface area (Å²) in [7, 11) is 0. The first-order valence-electron chi connectivity index (χ1n) is 6.79. The maximum atomic E-state index is 12.4. The Morgan fingerprint density at radius 1 is 1.20 bits per heavy atom. The Bertz CT molecular complexity index is 669. The van der Waals surface area contributed by atoms with Gasteiger partial charge in [0.05, 0.1) is 5.56 Å². The van der Waals surface area contributed by atoms with E-state index in [4.69, 9.17) is 0 Å². The van der Waals surface area contributed by atoms with Crippen molar-refractivity contribution in [2.24, 2.45) is 0 Å². The minimum Gasteiger partial charge on any atom is -0.360 e. The van der Waals surface area contributed by atoms with Gasteiger partial charge in [-0.2, -0.15) is 0 Å². The van der Waals surface area contributed by atoms with Gasteiger partial charge >= 0.3 is 0 Å². The predicted molar refractivity (Wildman–Crippen MR) is 76.8 cm³/mol. The summed E-state index contributed by atoms with van der Waals surface area (Å²) in [6.07, 6.45) is 1.63. The monoisotopic (exact) mass is 271 g/mol. The van der Waals surface area contributed by atoms with E-state index in [0.29, 0.717) is 18.7 Å². The molecule has 20 heavy (non-hydrogen) atoms. The SMILES string of the molecule is Cc1ccc2[nH]cc(C(=O)C(=O)N3CCNCC3)c2c1. The molecule has 1 saturated heterocycles. The predicted octanol–water partition coefficient (Wildman–Crippen LogP) is 1.09. The second kappa shape index (κ2) is 5.09. The Balaban J connectivity index is 1.91. The summed E-state index contributed by atoms with van der Waals surface area (Å²) in [4.78, 5) is 29.3. The van der Waals surface area contributed by atoms with Crippen molar-refractivity contribution in [3.63, 3.8) is 0 Å². The minimum absolute atomic E-state index is 0.408. The molecule has 1 aliphatic rings. The number of carbonyl (C=O) groups is 2. The Morgan fingerprint density at radius 2 is 1.95 bits per heavy atom. The van der Waals surface area contributed by atoms with Crippen LogP contribution in [0.3, 0.4) is 0 Å². The largest absolute Gasteiger partial charge is 0.360 e. The van der Waals surface area contributed by atoms with Crippen molar-refractivity contribution in [2.45, 2.75) is 6.92 Å². The molecule has 0 atom stereocenters. The topological polar surface area (TPSA) is 65.2 Å². The number of fused-ring (bicyclic) bond motifs is 1. The number of hydrogen-bond donors (Lipinski definition) is 2. The summed E-state index contributed by atoms with van der Waals surface area (Å²) < 4.78 is 0. The molecule has 104 valence electrons. The Hall–Kier alpha value is -2.14. The van der Waals surface area contributed by atoms with Crippen LogP contribution in [0, 0.1) is 6.92 Å². The molecule has 0 aliphatic carbocycles. The van der Waals surface area contributed by atoms with Crippen LogP contribution < -0.4 is 5.32 Å². The number of aromatic amines is 1. The first-order chi connectivity index (χ1) is 9.66. The lowest BCUT2D eigenvalue weighted by atomic mass is 10.1. The third-order valence-electron chi connectivity index (χ3n) is 3.68. The Morgan fingerprint density at radius 3 is 2.70 bits per heavy atom. The van der Waals surface area contributed by atoms with Crippen LogP contribution in [0.4, 0.5) is 0 Å². The highest BCUT2D eigenvalue weighted by Gasteiger charge is 2.26. The first-order valence-corrected chi connectivity index (χ1v) is 6.79. The second-order valence-electron chi connectivity index (χ2n) is 5.12. The van der Waals surface area contributed by atoms with Gasteiger partial charge in [-0.25, -0.2) is 0 Å². The van der Waals surface area contributed by atoms with E-state index in [1.54, 1.807) is 11.1 Å². The summed E-state index contributed by atoms with van der Waals surface area (Å²) in [5.41, 5.74) is 2.42. The van der Waals surface area contributed by atoms with Crippen molar-refractivity contribution in [1.29, 1.82) is 0 Å². The number of nitrogens with one attached hydrogen (secondary N) is 2. The highest BCUT2D eigenvalue weighted by atomic mass is 16.2. The average Bonchev–Trinajstić information content (AvgIpc) is 2.89. The lowest BCUT2D eigenvalue weighted by Crippen LogP contribution is -2.48. The van der Waals surface area contributed by atoms with Crippen LogP contribution in [-0.4, -0.2) is 47.8 Å². The molecule has 0 unspecified atom stereocenters. The molecule has 1 fully saturated rings. The third kappa shape index (κ3) is 2.20. The molecule has 2 aromatic rings. The van der Waals surface area contributed by atoms with Crippen molar-refractivity contribution in [3.05, 3.63) is 35.5 Å². The number of Topliss-reactive ketones (excluding diaryl/α,β-unsaturated/α-hetero) is 1. The van der Waals surface area contributed by atoms with Gasteiger partial charge in [-0.3, -0.25) is 9.59 Å². The maximum Gasteiger partial charge on any atom is 0.295 e. The molecule has 5 nitrogen and oxygen atoms in total. The van der Waals surface area contributed by atoms with E-state index in [0.717, 1.165) is 29.6 Å². The average molecular weight is 271 g/mol. The zero-order valence-corrected chi connectivity index (χ0v) is 11.4. The highest BCUT2D eigenvalue weighted by Crippen LogP contribution is 2.20. The van der Waals surface area contributed by atoms with Crippen LogP contribution in [0.5, 0.6) is 0 Å². The first kappa shape index (κ1) is 12.9. The highest BCUT2D eigenvalue weighted by molar-refractivity contribution is 6.44. The normalized spacial score (nSPS) is 15.6. The Kier molecular flexibility index (Phi) is 3.28. The van der Waals surface area contributed by atoms with Crippen molar-refractivity contribution in [1.82, 2.24) is 15.2 Å². The van der Waals surface area contributed by atoms with E-state index in [2.05, 4.69) is 10.3 Å². The number of hydrogen-bond acceptors (Lipinski definition) is 3. The summed E-state index contributed by atoms with van der Waals surface area (Å²) in [5.74, 6) is -0.836. The molecule has 1 aromatic carbocycles. The zero-order chi connectivity index (χ0) is 14.1. The minimum atomic E-state index is -0.427. The summed E-state index contributed by atoms with van der Waals surface area (Å²) >= 11 is 0. The van der Waals surface area contributed by atoms with E-state index < -0.39 is 11.7 Å². The molecular formula is C15H17N3O2. The second-order valence-corrected chi connectivity index (χ2v) is 5.12. The number of nitrogens with zero attached hydrogens (tertiary/aromatic N) is 1. The molecule has 5 heteroatoms.